The lowest BCUT2D eigenvalue weighted by molar-refractivity contribution is -0.159. The molecule has 8 heteroatoms. The van der Waals surface area contributed by atoms with Gasteiger partial charge in [-0.15, -0.1) is 0 Å². The fourth-order valence-electron chi connectivity index (χ4n) is 5.03. The first kappa shape index (κ1) is 29.8. The molecule has 0 bridgehead atoms. The number of nitrogens with zero attached hydrogens (tertiary/aromatic N) is 1. The highest BCUT2D eigenvalue weighted by Crippen LogP contribution is 2.21. The highest BCUT2D eigenvalue weighted by Gasteiger charge is 2.37. The van der Waals surface area contributed by atoms with Crippen molar-refractivity contribution in [1.82, 2.24) is 10.2 Å². The Bertz CT molecular complexity index is 1270. The summed E-state index contributed by atoms with van der Waals surface area (Å²) in [6.07, 6.45) is 2.70. The van der Waals surface area contributed by atoms with Crippen LogP contribution in [0.2, 0.25) is 0 Å². The fraction of sp³-hybridized carbons (Fsp3) is 0.364. The number of esters is 1. The first-order valence-electron chi connectivity index (χ1n) is 14.3. The van der Waals surface area contributed by atoms with Gasteiger partial charge >= 0.3 is 5.97 Å². The summed E-state index contributed by atoms with van der Waals surface area (Å²) >= 11 is 0. The molecule has 1 heterocycles. The maximum atomic E-state index is 14.0. The van der Waals surface area contributed by atoms with Crippen LogP contribution in [0.4, 0.5) is 0 Å². The zero-order valence-corrected chi connectivity index (χ0v) is 23.5. The van der Waals surface area contributed by atoms with Gasteiger partial charge in [-0.2, -0.15) is 0 Å². The number of hydrogen-bond acceptors (Lipinski definition) is 6. The van der Waals surface area contributed by atoms with Crippen LogP contribution in [0.25, 0.3) is 0 Å². The van der Waals surface area contributed by atoms with Crippen molar-refractivity contribution in [3.8, 4) is 5.75 Å². The van der Waals surface area contributed by atoms with E-state index in [0.717, 1.165) is 35.3 Å². The number of benzene rings is 3. The van der Waals surface area contributed by atoms with E-state index in [2.05, 4.69) is 5.32 Å². The number of carbonyl (C=O) groups is 3. The molecule has 2 amide bonds. The maximum absolute atomic E-state index is 14.0. The monoisotopic (exact) mass is 557 g/mol. The van der Waals surface area contributed by atoms with E-state index >= 15 is 0 Å². The summed E-state index contributed by atoms with van der Waals surface area (Å²) in [4.78, 5) is 41.9. The van der Waals surface area contributed by atoms with Gasteiger partial charge in [0.2, 0.25) is 11.8 Å². The second kappa shape index (κ2) is 15.0. The van der Waals surface area contributed by atoms with Crippen LogP contribution in [0.1, 0.15) is 42.9 Å². The number of piperidine rings is 1. The lowest BCUT2D eigenvalue weighted by atomic mass is 9.98. The van der Waals surface area contributed by atoms with Crippen molar-refractivity contribution in [2.75, 3.05) is 13.2 Å². The fourth-order valence-corrected chi connectivity index (χ4v) is 5.03. The van der Waals surface area contributed by atoms with Gasteiger partial charge in [0.15, 0.2) is 0 Å². The van der Waals surface area contributed by atoms with Crippen molar-refractivity contribution in [2.24, 2.45) is 5.73 Å². The molecule has 0 aliphatic carbocycles. The molecule has 0 radical (unpaired) electrons. The number of nitrogens with one attached hydrogen (secondary N) is 1. The number of hydrogen-bond donors (Lipinski definition) is 2. The minimum absolute atomic E-state index is 0.142. The van der Waals surface area contributed by atoms with E-state index in [1.54, 1.807) is 4.90 Å². The third-order valence-corrected chi connectivity index (χ3v) is 7.21. The molecular formula is C33H39N3O5. The third kappa shape index (κ3) is 8.66. The Morgan fingerprint density at radius 2 is 1.51 bits per heavy atom. The van der Waals surface area contributed by atoms with Gasteiger partial charge < -0.3 is 25.4 Å². The molecule has 3 aromatic rings. The molecule has 0 aromatic heterocycles. The van der Waals surface area contributed by atoms with Gasteiger partial charge in [0.05, 0.1) is 12.6 Å². The Morgan fingerprint density at radius 1 is 0.878 bits per heavy atom. The number of rotatable bonds is 12. The number of carbonyl (C=O) groups excluding carboxylic acids is 3. The number of ether oxygens (including phenoxy) is 2. The second-order valence-electron chi connectivity index (χ2n) is 10.3. The summed E-state index contributed by atoms with van der Waals surface area (Å²) in [6.45, 7) is 3.05. The van der Waals surface area contributed by atoms with E-state index in [4.69, 9.17) is 15.2 Å². The predicted molar refractivity (Wildman–Crippen MR) is 157 cm³/mol. The van der Waals surface area contributed by atoms with Gasteiger partial charge in [-0.25, -0.2) is 4.79 Å². The van der Waals surface area contributed by atoms with E-state index in [0.29, 0.717) is 26.0 Å². The average Bonchev–Trinajstić information content (AvgIpc) is 3.01. The van der Waals surface area contributed by atoms with Crippen molar-refractivity contribution in [3.63, 3.8) is 0 Å². The van der Waals surface area contributed by atoms with Gasteiger partial charge in [-0.05, 0) is 61.4 Å². The molecule has 1 aliphatic rings. The molecule has 0 unspecified atom stereocenters. The summed E-state index contributed by atoms with van der Waals surface area (Å²) in [6, 6.07) is 24.0. The predicted octanol–water partition coefficient (Wildman–Crippen LogP) is 3.81. The molecular weight excluding hydrogens is 518 g/mol. The minimum atomic E-state index is -0.876. The largest absolute Gasteiger partial charge is 0.494 e. The van der Waals surface area contributed by atoms with Crippen LogP contribution in [0.15, 0.2) is 84.9 Å². The highest BCUT2D eigenvalue weighted by atomic mass is 16.5. The minimum Gasteiger partial charge on any atom is -0.494 e. The summed E-state index contributed by atoms with van der Waals surface area (Å²) in [5.41, 5.74) is 8.96. The number of amides is 2. The lowest BCUT2D eigenvalue weighted by Gasteiger charge is -2.36. The standard InChI is InChI=1S/C33H39N3O5/c1-2-40-27-18-16-25(17-19-27)21-28(34)31(37)35-29(22-24-11-5-3-6-12-24)32(38)36-20-10-9-15-30(36)33(39)41-23-26-13-7-4-8-14-26/h3-8,11-14,16-19,28-30H,2,9-10,15,20-23,34H2,1H3,(H,35,37)/t28-,29-,30+/m0/s1. The zero-order chi connectivity index (χ0) is 29.0. The molecule has 1 saturated heterocycles. The maximum Gasteiger partial charge on any atom is 0.329 e. The van der Waals surface area contributed by atoms with Crippen LogP contribution in [0, 0.1) is 0 Å². The van der Waals surface area contributed by atoms with Crippen molar-refractivity contribution in [3.05, 3.63) is 102 Å². The van der Waals surface area contributed by atoms with Crippen LogP contribution in [0.5, 0.6) is 5.75 Å². The number of likely N-dealkylation sites (tertiary alicyclic amines) is 1. The molecule has 216 valence electrons. The normalized spacial score (nSPS) is 16.3. The summed E-state index contributed by atoms with van der Waals surface area (Å²) in [5, 5.41) is 2.90. The van der Waals surface area contributed by atoms with E-state index in [9.17, 15) is 14.4 Å². The van der Waals surface area contributed by atoms with Crippen LogP contribution in [0.3, 0.4) is 0 Å². The van der Waals surface area contributed by atoms with Gasteiger partial charge in [0.25, 0.3) is 0 Å². The quantitative estimate of drug-likeness (QED) is 0.328. The van der Waals surface area contributed by atoms with Crippen LogP contribution < -0.4 is 15.8 Å². The molecule has 4 rings (SSSR count). The van der Waals surface area contributed by atoms with E-state index in [1.807, 2.05) is 91.9 Å². The smallest absolute Gasteiger partial charge is 0.329 e. The Labute approximate surface area is 241 Å². The van der Waals surface area contributed by atoms with E-state index < -0.39 is 30.0 Å². The molecule has 1 fully saturated rings. The lowest BCUT2D eigenvalue weighted by Crippen LogP contribution is -2.58. The van der Waals surface area contributed by atoms with Crippen molar-refractivity contribution < 1.29 is 23.9 Å². The van der Waals surface area contributed by atoms with Crippen molar-refractivity contribution in [1.29, 1.82) is 0 Å². The Kier molecular flexibility index (Phi) is 10.9. The third-order valence-electron chi connectivity index (χ3n) is 7.21. The Balaban J connectivity index is 1.46. The molecule has 0 saturated carbocycles. The summed E-state index contributed by atoms with van der Waals surface area (Å²) in [7, 11) is 0. The average molecular weight is 558 g/mol. The molecule has 0 spiro atoms. The van der Waals surface area contributed by atoms with Crippen LogP contribution >= 0.6 is 0 Å². The second-order valence-corrected chi connectivity index (χ2v) is 10.3. The van der Waals surface area contributed by atoms with Gasteiger partial charge in [-0.3, -0.25) is 9.59 Å². The first-order chi connectivity index (χ1) is 19.9. The molecule has 8 nitrogen and oxygen atoms in total. The van der Waals surface area contributed by atoms with Crippen LogP contribution in [-0.2, 0) is 38.6 Å². The molecule has 3 aromatic carbocycles. The molecule has 41 heavy (non-hydrogen) atoms. The van der Waals surface area contributed by atoms with Crippen molar-refractivity contribution in [2.45, 2.75) is 63.8 Å². The highest BCUT2D eigenvalue weighted by molar-refractivity contribution is 5.92. The van der Waals surface area contributed by atoms with Gasteiger partial charge in [0.1, 0.15) is 24.4 Å². The zero-order valence-electron chi connectivity index (χ0n) is 23.5. The van der Waals surface area contributed by atoms with E-state index in [1.165, 1.54) is 0 Å². The molecule has 1 aliphatic heterocycles. The SMILES string of the molecule is CCOc1ccc(C[C@H](N)C(=O)N[C@@H](Cc2ccccc2)C(=O)N2CCCC[C@@H]2C(=O)OCc2ccccc2)cc1. The van der Waals surface area contributed by atoms with Crippen molar-refractivity contribution >= 4 is 17.8 Å². The summed E-state index contributed by atoms with van der Waals surface area (Å²) in [5.74, 6) is -0.412. The van der Waals surface area contributed by atoms with Crippen LogP contribution in [-0.4, -0.2) is 54.0 Å². The summed E-state index contributed by atoms with van der Waals surface area (Å²) < 4.78 is 11.1. The Morgan fingerprint density at radius 3 is 2.17 bits per heavy atom. The molecule has 3 atom stereocenters. The van der Waals surface area contributed by atoms with Gasteiger partial charge in [0, 0.05) is 13.0 Å². The topological polar surface area (TPSA) is 111 Å². The molecule has 3 N–H and O–H groups in total. The first-order valence-corrected chi connectivity index (χ1v) is 14.3. The van der Waals surface area contributed by atoms with E-state index in [-0.39, 0.29) is 18.9 Å². The van der Waals surface area contributed by atoms with Gasteiger partial charge in [-0.1, -0.05) is 72.8 Å². The Hall–Kier alpha value is -4.17. The number of nitrogens with two attached hydrogens (primary N) is 1.